The molecule has 0 heterocycles. The zero-order valence-corrected chi connectivity index (χ0v) is 10.1. The summed E-state index contributed by atoms with van der Waals surface area (Å²) in [4.78, 5) is 0. The molecule has 0 aromatic rings. The van der Waals surface area contributed by atoms with Gasteiger partial charge in [-0.05, 0) is 38.1 Å². The molecule has 1 rings (SSSR count). The van der Waals surface area contributed by atoms with Crippen molar-refractivity contribution < 1.29 is 9.47 Å². The molecule has 0 aliphatic heterocycles. The summed E-state index contributed by atoms with van der Waals surface area (Å²) in [5, 5.41) is 3.57. The van der Waals surface area contributed by atoms with Gasteiger partial charge in [0.1, 0.15) is 0 Å². The predicted molar refractivity (Wildman–Crippen MR) is 62.1 cm³/mol. The molecule has 0 spiro atoms. The van der Waals surface area contributed by atoms with Gasteiger partial charge in [0.05, 0.1) is 13.2 Å². The highest BCUT2D eigenvalue weighted by molar-refractivity contribution is 4.85. The van der Waals surface area contributed by atoms with Crippen molar-refractivity contribution in [3.8, 4) is 0 Å². The Balaban J connectivity index is 1.92. The molecule has 0 bridgehead atoms. The second kappa shape index (κ2) is 8.08. The molecule has 1 atom stereocenters. The zero-order chi connectivity index (χ0) is 10.9. The van der Waals surface area contributed by atoms with E-state index in [0.717, 1.165) is 38.1 Å². The molecule has 90 valence electrons. The summed E-state index contributed by atoms with van der Waals surface area (Å²) in [6, 6.07) is 0.737. The quantitative estimate of drug-likeness (QED) is 0.564. The van der Waals surface area contributed by atoms with Crippen molar-refractivity contribution in [3.63, 3.8) is 0 Å². The number of hydrogen-bond acceptors (Lipinski definition) is 3. The van der Waals surface area contributed by atoms with E-state index in [1.54, 1.807) is 7.11 Å². The highest BCUT2D eigenvalue weighted by Gasteiger charge is 2.29. The molecule has 1 N–H and O–H groups in total. The lowest BCUT2D eigenvalue weighted by Crippen LogP contribution is -2.31. The van der Waals surface area contributed by atoms with Crippen LogP contribution in [-0.4, -0.2) is 39.5 Å². The molecule has 15 heavy (non-hydrogen) atoms. The van der Waals surface area contributed by atoms with Crippen LogP contribution in [-0.2, 0) is 9.47 Å². The summed E-state index contributed by atoms with van der Waals surface area (Å²) in [6.45, 7) is 5.58. The molecule has 1 aliphatic carbocycles. The van der Waals surface area contributed by atoms with Crippen molar-refractivity contribution in [2.24, 2.45) is 5.92 Å². The van der Waals surface area contributed by atoms with Crippen LogP contribution >= 0.6 is 0 Å². The van der Waals surface area contributed by atoms with E-state index in [-0.39, 0.29) is 0 Å². The van der Waals surface area contributed by atoms with E-state index in [0.29, 0.717) is 6.61 Å². The first-order valence-corrected chi connectivity index (χ1v) is 6.18. The lowest BCUT2D eigenvalue weighted by Gasteiger charge is -2.16. The Kier molecular flexibility index (Phi) is 6.98. The van der Waals surface area contributed by atoms with Crippen LogP contribution in [0.2, 0.25) is 0 Å². The average molecular weight is 215 g/mol. The SMILES string of the molecule is CCNC(CCCOCCOC)C1CC1. The van der Waals surface area contributed by atoms with Crippen LogP contribution in [0.5, 0.6) is 0 Å². The number of rotatable bonds is 10. The molecule has 0 amide bonds. The van der Waals surface area contributed by atoms with Crippen molar-refractivity contribution in [2.45, 2.75) is 38.6 Å². The van der Waals surface area contributed by atoms with Gasteiger partial charge in [0.15, 0.2) is 0 Å². The Bertz CT molecular complexity index is 149. The topological polar surface area (TPSA) is 30.5 Å². The van der Waals surface area contributed by atoms with Gasteiger partial charge in [0.2, 0.25) is 0 Å². The van der Waals surface area contributed by atoms with Gasteiger partial charge < -0.3 is 14.8 Å². The maximum Gasteiger partial charge on any atom is 0.0700 e. The molecule has 1 fully saturated rings. The second-order valence-corrected chi connectivity index (χ2v) is 4.25. The lowest BCUT2D eigenvalue weighted by atomic mass is 10.1. The van der Waals surface area contributed by atoms with Crippen molar-refractivity contribution in [1.82, 2.24) is 5.32 Å². The van der Waals surface area contributed by atoms with Crippen LogP contribution in [0.25, 0.3) is 0 Å². The van der Waals surface area contributed by atoms with Crippen molar-refractivity contribution in [3.05, 3.63) is 0 Å². The third kappa shape index (κ3) is 6.13. The van der Waals surface area contributed by atoms with Gasteiger partial charge in [-0.15, -0.1) is 0 Å². The highest BCUT2D eigenvalue weighted by Crippen LogP contribution is 2.34. The van der Waals surface area contributed by atoms with E-state index in [1.807, 2.05) is 0 Å². The molecule has 0 saturated heterocycles. The maximum atomic E-state index is 5.45. The number of nitrogens with one attached hydrogen (secondary N) is 1. The second-order valence-electron chi connectivity index (χ2n) is 4.25. The Morgan fingerprint density at radius 3 is 2.67 bits per heavy atom. The van der Waals surface area contributed by atoms with E-state index in [1.165, 1.54) is 19.3 Å². The van der Waals surface area contributed by atoms with Crippen LogP contribution in [0.3, 0.4) is 0 Å². The standard InChI is InChI=1S/C12H25NO2/c1-3-13-12(11-6-7-11)5-4-8-15-10-9-14-2/h11-13H,3-10H2,1-2H3. The third-order valence-electron chi connectivity index (χ3n) is 2.89. The number of methoxy groups -OCH3 is 1. The molecule has 3 heteroatoms. The lowest BCUT2D eigenvalue weighted by molar-refractivity contribution is 0.0675. The fraction of sp³-hybridized carbons (Fsp3) is 1.00. The summed E-state index contributed by atoms with van der Waals surface area (Å²) in [5.74, 6) is 0.948. The first-order chi connectivity index (χ1) is 7.38. The van der Waals surface area contributed by atoms with E-state index in [4.69, 9.17) is 9.47 Å². The smallest absolute Gasteiger partial charge is 0.0700 e. The first kappa shape index (κ1) is 12.9. The van der Waals surface area contributed by atoms with Gasteiger partial charge in [0, 0.05) is 19.8 Å². The molecular weight excluding hydrogens is 190 g/mol. The first-order valence-electron chi connectivity index (χ1n) is 6.18. The molecule has 0 aromatic carbocycles. The molecule has 1 saturated carbocycles. The summed E-state index contributed by atoms with van der Waals surface area (Å²) in [7, 11) is 1.71. The minimum atomic E-state index is 0.708. The third-order valence-corrected chi connectivity index (χ3v) is 2.89. The van der Waals surface area contributed by atoms with Gasteiger partial charge in [-0.3, -0.25) is 0 Å². The minimum absolute atomic E-state index is 0.708. The molecule has 0 radical (unpaired) electrons. The fourth-order valence-electron chi connectivity index (χ4n) is 1.91. The summed E-state index contributed by atoms with van der Waals surface area (Å²) >= 11 is 0. The largest absolute Gasteiger partial charge is 0.382 e. The van der Waals surface area contributed by atoms with E-state index < -0.39 is 0 Å². The highest BCUT2D eigenvalue weighted by atomic mass is 16.5. The Morgan fingerprint density at radius 2 is 2.07 bits per heavy atom. The summed E-state index contributed by atoms with van der Waals surface area (Å²) in [6.07, 6.45) is 5.26. The van der Waals surface area contributed by atoms with Crippen molar-refractivity contribution in [1.29, 1.82) is 0 Å². The molecule has 1 aliphatic rings. The number of hydrogen-bond donors (Lipinski definition) is 1. The van der Waals surface area contributed by atoms with Crippen LogP contribution in [0.1, 0.15) is 32.6 Å². The normalized spacial score (nSPS) is 18.0. The van der Waals surface area contributed by atoms with Gasteiger partial charge in [0.25, 0.3) is 0 Å². The van der Waals surface area contributed by atoms with Crippen LogP contribution in [0.15, 0.2) is 0 Å². The maximum absolute atomic E-state index is 5.45. The predicted octanol–water partition coefficient (Wildman–Crippen LogP) is 1.82. The van der Waals surface area contributed by atoms with Gasteiger partial charge in [-0.2, -0.15) is 0 Å². The Morgan fingerprint density at radius 1 is 1.27 bits per heavy atom. The Hall–Kier alpha value is -0.120. The van der Waals surface area contributed by atoms with Crippen molar-refractivity contribution in [2.75, 3.05) is 33.5 Å². The van der Waals surface area contributed by atoms with E-state index >= 15 is 0 Å². The number of ether oxygens (including phenoxy) is 2. The van der Waals surface area contributed by atoms with Crippen LogP contribution < -0.4 is 5.32 Å². The summed E-state index contributed by atoms with van der Waals surface area (Å²) in [5.41, 5.74) is 0. The van der Waals surface area contributed by atoms with Crippen molar-refractivity contribution >= 4 is 0 Å². The van der Waals surface area contributed by atoms with E-state index in [2.05, 4.69) is 12.2 Å². The van der Waals surface area contributed by atoms with Gasteiger partial charge in [-0.25, -0.2) is 0 Å². The van der Waals surface area contributed by atoms with Crippen LogP contribution in [0.4, 0.5) is 0 Å². The molecule has 3 nitrogen and oxygen atoms in total. The minimum Gasteiger partial charge on any atom is -0.382 e. The monoisotopic (exact) mass is 215 g/mol. The Labute approximate surface area is 93.5 Å². The fourth-order valence-corrected chi connectivity index (χ4v) is 1.91. The van der Waals surface area contributed by atoms with Gasteiger partial charge in [-0.1, -0.05) is 6.92 Å². The molecule has 0 aromatic heterocycles. The van der Waals surface area contributed by atoms with Crippen LogP contribution in [0, 0.1) is 5.92 Å². The summed E-state index contributed by atoms with van der Waals surface area (Å²) < 4.78 is 10.4. The zero-order valence-electron chi connectivity index (χ0n) is 10.1. The van der Waals surface area contributed by atoms with E-state index in [9.17, 15) is 0 Å². The molecular formula is C12H25NO2. The van der Waals surface area contributed by atoms with Gasteiger partial charge >= 0.3 is 0 Å². The average Bonchev–Trinajstić information content (AvgIpc) is 3.05. The molecule has 1 unspecified atom stereocenters.